The van der Waals surface area contributed by atoms with Crippen LogP contribution in [0.5, 0.6) is 11.5 Å². The zero-order valence-corrected chi connectivity index (χ0v) is 12.3. The molecule has 1 aromatic carbocycles. The number of aryl methyl sites for hydroxylation is 1. The van der Waals surface area contributed by atoms with Crippen LogP contribution in [0.4, 0.5) is 0 Å². The molecule has 1 aromatic rings. The number of aliphatic carboxylic acids is 1. The van der Waals surface area contributed by atoms with Crippen molar-refractivity contribution in [3.63, 3.8) is 0 Å². The van der Waals surface area contributed by atoms with Crippen LogP contribution in [-0.4, -0.2) is 23.3 Å². The van der Waals surface area contributed by atoms with Crippen molar-refractivity contribution >= 4 is 5.97 Å². The number of benzene rings is 1. The molecular weight excluding hydrogens is 256 g/mol. The van der Waals surface area contributed by atoms with Crippen molar-refractivity contribution in [3.05, 3.63) is 22.8 Å². The molecule has 0 heterocycles. The molecule has 2 rings (SSSR count). The molecule has 4 nitrogen and oxygen atoms in total. The van der Waals surface area contributed by atoms with Gasteiger partial charge in [-0.15, -0.1) is 0 Å². The van der Waals surface area contributed by atoms with E-state index in [0.29, 0.717) is 24.2 Å². The zero-order chi connectivity index (χ0) is 14.9. The van der Waals surface area contributed by atoms with Gasteiger partial charge in [-0.25, -0.2) is 0 Å². The minimum Gasteiger partial charge on any atom is -0.504 e. The summed E-state index contributed by atoms with van der Waals surface area (Å²) < 4.78 is 5.27. The van der Waals surface area contributed by atoms with Crippen LogP contribution in [0.2, 0.25) is 0 Å². The Hall–Kier alpha value is -1.71. The lowest BCUT2D eigenvalue weighted by atomic mass is 9.68. The Morgan fingerprint density at radius 1 is 1.25 bits per heavy atom. The lowest BCUT2D eigenvalue weighted by Crippen LogP contribution is -2.38. The average Bonchev–Trinajstić information content (AvgIpc) is 2.44. The summed E-state index contributed by atoms with van der Waals surface area (Å²) in [6, 6.07) is 1.81. The van der Waals surface area contributed by atoms with E-state index in [9.17, 15) is 15.0 Å². The Morgan fingerprint density at radius 2 is 1.85 bits per heavy atom. The molecule has 0 unspecified atom stereocenters. The zero-order valence-electron chi connectivity index (χ0n) is 12.3. The Kier molecular flexibility index (Phi) is 3.93. The van der Waals surface area contributed by atoms with E-state index >= 15 is 0 Å². The summed E-state index contributed by atoms with van der Waals surface area (Å²) in [4.78, 5) is 11.9. The van der Waals surface area contributed by atoms with E-state index in [2.05, 4.69) is 0 Å². The summed E-state index contributed by atoms with van der Waals surface area (Å²) in [6.07, 6.45) is 3.95. The molecule has 1 aliphatic rings. The predicted molar refractivity (Wildman–Crippen MR) is 76.5 cm³/mol. The van der Waals surface area contributed by atoms with Gasteiger partial charge >= 0.3 is 5.97 Å². The van der Waals surface area contributed by atoms with Crippen molar-refractivity contribution < 1.29 is 19.7 Å². The number of carbonyl (C=O) groups is 1. The van der Waals surface area contributed by atoms with Gasteiger partial charge in [0.2, 0.25) is 0 Å². The van der Waals surface area contributed by atoms with Crippen molar-refractivity contribution in [1.29, 1.82) is 0 Å². The molecule has 20 heavy (non-hydrogen) atoms. The molecular formula is C16H22O4. The highest BCUT2D eigenvalue weighted by Crippen LogP contribution is 2.47. The van der Waals surface area contributed by atoms with Crippen LogP contribution in [0.1, 0.15) is 48.8 Å². The number of carboxylic acid groups (broad SMARTS) is 1. The monoisotopic (exact) mass is 278 g/mol. The van der Waals surface area contributed by atoms with Gasteiger partial charge in [-0.2, -0.15) is 0 Å². The molecule has 1 saturated carbocycles. The number of carboxylic acids is 1. The SMILES string of the molecule is COc1c(C)c(C)cc(C2(C(=O)O)CCCCC2)c1O. The van der Waals surface area contributed by atoms with Crippen LogP contribution in [-0.2, 0) is 10.2 Å². The van der Waals surface area contributed by atoms with Crippen LogP contribution in [0.15, 0.2) is 6.07 Å². The van der Waals surface area contributed by atoms with Crippen molar-refractivity contribution in [2.45, 2.75) is 51.4 Å². The fourth-order valence-electron chi connectivity index (χ4n) is 3.24. The lowest BCUT2D eigenvalue weighted by molar-refractivity contribution is -0.145. The molecule has 4 heteroatoms. The number of phenols is 1. The number of ether oxygens (including phenoxy) is 1. The van der Waals surface area contributed by atoms with Crippen LogP contribution >= 0.6 is 0 Å². The van der Waals surface area contributed by atoms with Gasteiger partial charge in [-0.1, -0.05) is 25.3 Å². The number of methoxy groups -OCH3 is 1. The maximum atomic E-state index is 11.9. The molecule has 1 aliphatic carbocycles. The Balaban J connectivity index is 2.66. The van der Waals surface area contributed by atoms with Gasteiger partial charge in [0.1, 0.15) is 0 Å². The molecule has 0 atom stereocenters. The third-order valence-electron chi connectivity index (χ3n) is 4.60. The summed E-state index contributed by atoms with van der Waals surface area (Å²) in [5.41, 5.74) is 1.32. The minimum absolute atomic E-state index is 0.0140. The molecule has 110 valence electrons. The Morgan fingerprint density at radius 3 is 2.35 bits per heavy atom. The third kappa shape index (κ3) is 2.13. The molecule has 0 bridgehead atoms. The molecule has 2 N–H and O–H groups in total. The highest BCUT2D eigenvalue weighted by molar-refractivity contribution is 5.83. The number of hydrogen-bond acceptors (Lipinski definition) is 3. The van der Waals surface area contributed by atoms with E-state index in [1.807, 2.05) is 19.9 Å². The van der Waals surface area contributed by atoms with Crippen LogP contribution in [0.25, 0.3) is 0 Å². The van der Waals surface area contributed by atoms with E-state index in [-0.39, 0.29) is 5.75 Å². The number of phenolic OH excluding ortho intramolecular Hbond substituents is 1. The summed E-state index contributed by atoms with van der Waals surface area (Å²) in [7, 11) is 1.50. The maximum absolute atomic E-state index is 11.9. The first-order valence-corrected chi connectivity index (χ1v) is 7.05. The third-order valence-corrected chi connectivity index (χ3v) is 4.60. The van der Waals surface area contributed by atoms with Crippen molar-refractivity contribution in [3.8, 4) is 11.5 Å². The topological polar surface area (TPSA) is 66.8 Å². The van der Waals surface area contributed by atoms with Crippen LogP contribution < -0.4 is 4.74 Å². The lowest BCUT2D eigenvalue weighted by Gasteiger charge is -2.34. The fourth-order valence-corrected chi connectivity index (χ4v) is 3.24. The van der Waals surface area contributed by atoms with E-state index < -0.39 is 11.4 Å². The van der Waals surface area contributed by atoms with Gasteiger partial charge in [0.15, 0.2) is 11.5 Å². The van der Waals surface area contributed by atoms with Gasteiger partial charge in [0.25, 0.3) is 0 Å². The molecule has 0 aromatic heterocycles. The fraction of sp³-hybridized carbons (Fsp3) is 0.562. The molecule has 0 saturated heterocycles. The summed E-state index contributed by atoms with van der Waals surface area (Å²) in [5.74, 6) is -0.469. The van der Waals surface area contributed by atoms with Gasteiger partial charge in [-0.05, 0) is 37.8 Å². The first kappa shape index (κ1) is 14.7. The van der Waals surface area contributed by atoms with E-state index in [1.165, 1.54) is 7.11 Å². The molecule has 1 fully saturated rings. The maximum Gasteiger partial charge on any atom is 0.314 e. The molecule has 0 aliphatic heterocycles. The van der Waals surface area contributed by atoms with Crippen LogP contribution in [0, 0.1) is 13.8 Å². The second-order valence-corrected chi connectivity index (χ2v) is 5.70. The van der Waals surface area contributed by atoms with E-state index in [1.54, 1.807) is 0 Å². The standard InChI is InChI=1S/C16H22O4/c1-10-9-12(13(17)14(20-3)11(10)2)16(15(18)19)7-5-4-6-8-16/h9,17H,4-8H2,1-3H3,(H,18,19). The van der Waals surface area contributed by atoms with Gasteiger partial charge < -0.3 is 14.9 Å². The first-order chi connectivity index (χ1) is 9.44. The number of rotatable bonds is 3. The Bertz CT molecular complexity index is 528. The molecule has 0 amide bonds. The number of aromatic hydroxyl groups is 1. The molecule has 0 radical (unpaired) electrons. The summed E-state index contributed by atoms with van der Waals surface area (Å²) >= 11 is 0. The van der Waals surface area contributed by atoms with Crippen molar-refractivity contribution in [1.82, 2.24) is 0 Å². The normalized spacial score (nSPS) is 17.8. The summed E-state index contributed by atoms with van der Waals surface area (Å²) in [5, 5.41) is 20.2. The molecule has 0 spiro atoms. The van der Waals surface area contributed by atoms with Crippen molar-refractivity contribution in [2.24, 2.45) is 0 Å². The highest BCUT2D eigenvalue weighted by atomic mass is 16.5. The summed E-state index contributed by atoms with van der Waals surface area (Å²) in [6.45, 7) is 3.78. The average molecular weight is 278 g/mol. The second kappa shape index (κ2) is 5.35. The first-order valence-electron chi connectivity index (χ1n) is 7.05. The smallest absolute Gasteiger partial charge is 0.314 e. The van der Waals surface area contributed by atoms with Gasteiger partial charge in [-0.3, -0.25) is 4.79 Å². The second-order valence-electron chi connectivity index (χ2n) is 5.70. The Labute approximate surface area is 119 Å². The predicted octanol–water partition coefficient (Wildman–Crippen LogP) is 3.30. The van der Waals surface area contributed by atoms with Crippen LogP contribution in [0.3, 0.4) is 0 Å². The highest BCUT2D eigenvalue weighted by Gasteiger charge is 2.44. The van der Waals surface area contributed by atoms with Gasteiger partial charge in [0, 0.05) is 5.56 Å². The quantitative estimate of drug-likeness (QED) is 0.890. The van der Waals surface area contributed by atoms with Crippen molar-refractivity contribution in [2.75, 3.05) is 7.11 Å². The number of hydrogen-bond donors (Lipinski definition) is 2. The van der Waals surface area contributed by atoms with E-state index in [0.717, 1.165) is 30.4 Å². The van der Waals surface area contributed by atoms with Gasteiger partial charge in [0.05, 0.1) is 12.5 Å². The van der Waals surface area contributed by atoms with E-state index in [4.69, 9.17) is 4.74 Å². The minimum atomic E-state index is -0.978. The largest absolute Gasteiger partial charge is 0.504 e.